The molecule has 2 unspecified atom stereocenters. The van der Waals surface area contributed by atoms with E-state index in [0.29, 0.717) is 5.92 Å². The molecule has 0 radical (unpaired) electrons. The molecule has 0 aromatic rings. The topological polar surface area (TPSA) is 20.2 Å². The Bertz CT molecular complexity index is 167. The average molecular weight is 271 g/mol. The Kier molecular flexibility index (Phi) is 14.3. The van der Waals surface area contributed by atoms with Gasteiger partial charge in [-0.05, 0) is 18.8 Å². The molecule has 0 rings (SSSR count). The van der Waals surface area contributed by atoms with Gasteiger partial charge in [0.2, 0.25) is 0 Å². The van der Waals surface area contributed by atoms with E-state index in [4.69, 9.17) is 0 Å². The van der Waals surface area contributed by atoms with Crippen molar-refractivity contribution in [3.8, 4) is 0 Å². The van der Waals surface area contributed by atoms with Crippen molar-refractivity contribution < 1.29 is 5.11 Å². The fourth-order valence-electron chi connectivity index (χ4n) is 2.68. The Labute approximate surface area is 122 Å². The molecule has 1 N–H and O–H groups in total. The van der Waals surface area contributed by atoms with Crippen molar-refractivity contribution in [2.45, 2.75) is 110 Å². The molecule has 19 heavy (non-hydrogen) atoms. The summed E-state index contributed by atoms with van der Waals surface area (Å²) in [6.45, 7) is 6.71. The van der Waals surface area contributed by atoms with Gasteiger partial charge in [0.05, 0.1) is 6.10 Å². The van der Waals surface area contributed by atoms with Gasteiger partial charge in [-0.3, -0.25) is 0 Å². The van der Waals surface area contributed by atoms with E-state index in [2.05, 4.69) is 20.8 Å². The van der Waals surface area contributed by atoms with Crippen LogP contribution in [0.5, 0.6) is 0 Å². The molecule has 0 fully saturated rings. The van der Waals surface area contributed by atoms with Crippen LogP contribution in [0.2, 0.25) is 0 Å². The summed E-state index contributed by atoms with van der Waals surface area (Å²) in [5.74, 6) is 0.497. The number of hydrogen-bond acceptors (Lipinski definition) is 1. The Morgan fingerprint density at radius 3 is 1.63 bits per heavy atom. The van der Waals surface area contributed by atoms with E-state index in [0.717, 1.165) is 6.42 Å². The molecule has 1 heteroatoms. The van der Waals surface area contributed by atoms with Gasteiger partial charge in [-0.1, -0.05) is 91.4 Å². The predicted molar refractivity (Wildman–Crippen MR) is 86.5 cm³/mol. The van der Waals surface area contributed by atoms with E-state index >= 15 is 0 Å². The lowest BCUT2D eigenvalue weighted by molar-refractivity contribution is 0.0986. The fourth-order valence-corrected chi connectivity index (χ4v) is 2.68. The molecule has 0 heterocycles. The zero-order valence-electron chi connectivity index (χ0n) is 13.8. The Morgan fingerprint density at radius 2 is 1.05 bits per heavy atom. The van der Waals surface area contributed by atoms with Crippen molar-refractivity contribution >= 4 is 0 Å². The first-order valence-electron chi connectivity index (χ1n) is 8.90. The number of aliphatic hydroxyl groups excluding tert-OH is 1. The van der Waals surface area contributed by atoms with E-state index in [1.807, 2.05) is 0 Å². The van der Waals surface area contributed by atoms with E-state index in [-0.39, 0.29) is 6.10 Å². The maximum atomic E-state index is 10.0. The van der Waals surface area contributed by atoms with E-state index < -0.39 is 0 Å². The molecule has 0 saturated heterocycles. The molecule has 0 aromatic carbocycles. The van der Waals surface area contributed by atoms with Crippen molar-refractivity contribution in [3.63, 3.8) is 0 Å². The smallest absolute Gasteiger partial charge is 0.0565 e. The summed E-state index contributed by atoms with van der Waals surface area (Å²) >= 11 is 0. The minimum absolute atomic E-state index is 0.0592. The second kappa shape index (κ2) is 14.4. The highest BCUT2D eigenvalue weighted by Crippen LogP contribution is 2.18. The van der Waals surface area contributed by atoms with E-state index in [1.54, 1.807) is 0 Å². The highest BCUT2D eigenvalue weighted by molar-refractivity contribution is 4.65. The van der Waals surface area contributed by atoms with Gasteiger partial charge in [0, 0.05) is 0 Å². The molecule has 1 nitrogen and oxygen atoms in total. The molecule has 0 saturated carbocycles. The van der Waals surface area contributed by atoms with Crippen molar-refractivity contribution in [2.24, 2.45) is 5.92 Å². The van der Waals surface area contributed by atoms with Crippen molar-refractivity contribution in [1.82, 2.24) is 0 Å². The van der Waals surface area contributed by atoms with Crippen LogP contribution >= 0.6 is 0 Å². The predicted octanol–water partition coefficient (Wildman–Crippen LogP) is 6.09. The lowest BCUT2D eigenvalue weighted by Gasteiger charge is -2.18. The third-order valence-corrected chi connectivity index (χ3v) is 4.27. The molecule has 0 bridgehead atoms. The van der Waals surface area contributed by atoms with Crippen molar-refractivity contribution in [1.29, 1.82) is 0 Å². The van der Waals surface area contributed by atoms with Crippen LogP contribution in [-0.4, -0.2) is 11.2 Å². The minimum atomic E-state index is -0.0592. The molecule has 0 aromatic heterocycles. The first kappa shape index (κ1) is 19.0. The van der Waals surface area contributed by atoms with E-state index in [1.165, 1.54) is 77.0 Å². The van der Waals surface area contributed by atoms with Crippen LogP contribution in [0.1, 0.15) is 104 Å². The lowest BCUT2D eigenvalue weighted by atomic mass is 9.93. The molecule has 0 aliphatic carbocycles. The minimum Gasteiger partial charge on any atom is -0.393 e. The van der Waals surface area contributed by atoms with Crippen molar-refractivity contribution in [3.05, 3.63) is 0 Å². The van der Waals surface area contributed by atoms with E-state index in [9.17, 15) is 5.11 Å². The summed E-state index contributed by atoms with van der Waals surface area (Å²) in [5, 5.41) is 10.0. The largest absolute Gasteiger partial charge is 0.393 e. The number of unbranched alkanes of at least 4 members (excludes halogenated alkanes) is 9. The quantitative estimate of drug-likeness (QED) is 0.378. The van der Waals surface area contributed by atoms with Crippen LogP contribution < -0.4 is 0 Å². The number of rotatable bonds is 14. The zero-order valence-corrected chi connectivity index (χ0v) is 13.8. The monoisotopic (exact) mass is 270 g/mol. The van der Waals surface area contributed by atoms with Gasteiger partial charge in [0.15, 0.2) is 0 Å². The van der Waals surface area contributed by atoms with Gasteiger partial charge in [-0.2, -0.15) is 0 Å². The highest BCUT2D eigenvalue weighted by atomic mass is 16.3. The molecule has 116 valence electrons. The van der Waals surface area contributed by atoms with Gasteiger partial charge >= 0.3 is 0 Å². The van der Waals surface area contributed by atoms with Crippen molar-refractivity contribution in [2.75, 3.05) is 0 Å². The van der Waals surface area contributed by atoms with Crippen LogP contribution in [0, 0.1) is 5.92 Å². The Hall–Kier alpha value is -0.0400. The molecule has 0 aliphatic heterocycles. The molecule has 0 amide bonds. The summed E-state index contributed by atoms with van der Waals surface area (Å²) in [6.07, 6.45) is 16.9. The summed E-state index contributed by atoms with van der Waals surface area (Å²) in [5.41, 5.74) is 0. The van der Waals surface area contributed by atoms with Crippen LogP contribution in [0.25, 0.3) is 0 Å². The SMILES string of the molecule is CCCCCCCCCCC(C)C(O)CCCCC. The fraction of sp³-hybridized carbons (Fsp3) is 1.00. The van der Waals surface area contributed by atoms with Crippen LogP contribution in [-0.2, 0) is 0 Å². The Morgan fingerprint density at radius 1 is 0.632 bits per heavy atom. The first-order valence-corrected chi connectivity index (χ1v) is 8.90. The normalized spacial score (nSPS) is 14.5. The number of hydrogen-bond donors (Lipinski definition) is 1. The summed E-state index contributed by atoms with van der Waals surface area (Å²) in [4.78, 5) is 0. The lowest BCUT2D eigenvalue weighted by Crippen LogP contribution is -2.17. The maximum Gasteiger partial charge on any atom is 0.0565 e. The molecular weight excluding hydrogens is 232 g/mol. The van der Waals surface area contributed by atoms with Gasteiger partial charge < -0.3 is 5.11 Å². The van der Waals surface area contributed by atoms with Crippen LogP contribution in [0.3, 0.4) is 0 Å². The first-order chi connectivity index (χ1) is 9.22. The third-order valence-electron chi connectivity index (χ3n) is 4.27. The average Bonchev–Trinajstić information content (AvgIpc) is 2.41. The Balaban J connectivity index is 3.29. The summed E-state index contributed by atoms with van der Waals surface area (Å²) < 4.78 is 0. The van der Waals surface area contributed by atoms with Gasteiger partial charge in [-0.25, -0.2) is 0 Å². The molecule has 0 spiro atoms. The van der Waals surface area contributed by atoms with Crippen LogP contribution in [0.15, 0.2) is 0 Å². The summed E-state index contributed by atoms with van der Waals surface area (Å²) in [6, 6.07) is 0. The van der Waals surface area contributed by atoms with Gasteiger partial charge in [-0.15, -0.1) is 0 Å². The van der Waals surface area contributed by atoms with Gasteiger partial charge in [0.1, 0.15) is 0 Å². The second-order valence-electron chi connectivity index (χ2n) is 6.30. The number of aliphatic hydroxyl groups is 1. The molecule has 0 aliphatic rings. The zero-order chi connectivity index (χ0) is 14.3. The summed E-state index contributed by atoms with van der Waals surface area (Å²) in [7, 11) is 0. The maximum absolute atomic E-state index is 10.0. The highest BCUT2D eigenvalue weighted by Gasteiger charge is 2.12. The van der Waals surface area contributed by atoms with Gasteiger partial charge in [0.25, 0.3) is 0 Å². The standard InChI is InChI=1S/C18H38O/c1-4-6-8-9-10-11-12-14-15-17(3)18(19)16-13-7-5-2/h17-19H,4-16H2,1-3H3. The molecule has 2 atom stereocenters. The van der Waals surface area contributed by atoms with Crippen LogP contribution in [0.4, 0.5) is 0 Å². The molecular formula is C18H38O. The third kappa shape index (κ3) is 12.7. The second-order valence-corrected chi connectivity index (χ2v) is 6.30.